The molecule has 2 heterocycles. The summed E-state index contributed by atoms with van der Waals surface area (Å²) in [6, 6.07) is 10.00. The molecule has 0 aliphatic rings. The van der Waals surface area contributed by atoms with Gasteiger partial charge < -0.3 is 10.1 Å². The minimum absolute atomic E-state index is 0.126. The van der Waals surface area contributed by atoms with Crippen molar-refractivity contribution in [2.45, 2.75) is 47.3 Å². The monoisotopic (exact) mass is 383 g/mol. The van der Waals surface area contributed by atoms with Crippen LogP contribution < -0.4 is 10.1 Å². The molecule has 1 amide bonds. The first-order valence-corrected chi connectivity index (χ1v) is 9.86. The summed E-state index contributed by atoms with van der Waals surface area (Å²) < 4.78 is 7.68. The van der Waals surface area contributed by atoms with Crippen molar-refractivity contribution in [1.29, 1.82) is 0 Å². The Morgan fingerprint density at radius 3 is 2.67 bits per heavy atom. The van der Waals surface area contributed by atoms with Crippen molar-refractivity contribution in [2.24, 2.45) is 0 Å². The number of carbonyl (C=O) groups is 1. The number of nitrogens with one attached hydrogen (secondary N) is 1. The molecule has 0 fully saturated rings. The normalized spacial score (nSPS) is 11.0. The number of nitrogens with zero attached hydrogens (tertiary/aromatic N) is 2. The zero-order valence-corrected chi connectivity index (χ0v) is 17.2. The highest BCUT2D eigenvalue weighted by molar-refractivity contribution is 7.12. The molecule has 0 aliphatic carbocycles. The first-order chi connectivity index (χ1) is 12.8. The van der Waals surface area contributed by atoms with E-state index in [2.05, 4.69) is 30.3 Å². The fourth-order valence-electron chi connectivity index (χ4n) is 2.72. The molecule has 0 bridgehead atoms. The second-order valence-corrected chi connectivity index (χ2v) is 7.93. The smallest absolute Gasteiger partial charge is 0.266 e. The van der Waals surface area contributed by atoms with Gasteiger partial charge >= 0.3 is 0 Å². The quantitative estimate of drug-likeness (QED) is 0.630. The van der Waals surface area contributed by atoms with Crippen LogP contribution in [0.5, 0.6) is 5.75 Å². The molecule has 1 N–H and O–H groups in total. The van der Waals surface area contributed by atoms with E-state index in [0.717, 1.165) is 17.0 Å². The van der Waals surface area contributed by atoms with E-state index in [1.807, 2.05) is 55.1 Å². The molecule has 3 aromatic rings. The van der Waals surface area contributed by atoms with Crippen LogP contribution in [-0.2, 0) is 6.61 Å². The fourth-order valence-corrected chi connectivity index (χ4v) is 3.51. The van der Waals surface area contributed by atoms with Crippen molar-refractivity contribution < 1.29 is 9.53 Å². The maximum absolute atomic E-state index is 12.6. The summed E-state index contributed by atoms with van der Waals surface area (Å²) in [7, 11) is 0. The number of hydrogen-bond donors (Lipinski definition) is 1. The second-order valence-electron chi connectivity index (χ2n) is 7.02. The fraction of sp³-hybridized carbons (Fsp3) is 0.333. The van der Waals surface area contributed by atoms with Crippen LogP contribution in [0, 0.1) is 20.8 Å². The summed E-state index contributed by atoms with van der Waals surface area (Å²) in [5.74, 6) is 1.43. The minimum Gasteiger partial charge on any atom is -0.489 e. The van der Waals surface area contributed by atoms with Crippen LogP contribution in [0.25, 0.3) is 0 Å². The molecule has 27 heavy (non-hydrogen) atoms. The molecule has 142 valence electrons. The van der Waals surface area contributed by atoms with Gasteiger partial charge in [-0.3, -0.25) is 4.79 Å². The zero-order chi connectivity index (χ0) is 19.6. The SMILES string of the molecule is Cc1cc(NC(=O)c2cc(COc3ccc(C)c(C)c3)cs2)n(C(C)C)n1. The van der Waals surface area contributed by atoms with Gasteiger partial charge in [-0.05, 0) is 69.3 Å². The van der Waals surface area contributed by atoms with E-state index in [0.29, 0.717) is 17.3 Å². The number of benzene rings is 1. The van der Waals surface area contributed by atoms with Gasteiger partial charge in [-0.15, -0.1) is 11.3 Å². The highest BCUT2D eigenvalue weighted by Gasteiger charge is 2.15. The third kappa shape index (κ3) is 4.57. The van der Waals surface area contributed by atoms with E-state index in [-0.39, 0.29) is 11.9 Å². The van der Waals surface area contributed by atoms with Crippen LogP contribution >= 0.6 is 11.3 Å². The molecule has 1 aromatic carbocycles. The molecule has 0 saturated heterocycles. The Bertz CT molecular complexity index is 956. The standard InChI is InChI=1S/C21H25N3O2S/c1-13(2)24-20(9-16(5)23-24)22-21(25)19-10-17(12-27-19)11-26-18-7-6-14(3)15(4)8-18/h6-10,12-13H,11H2,1-5H3,(H,22,25). The van der Waals surface area contributed by atoms with Gasteiger partial charge in [0.1, 0.15) is 18.2 Å². The summed E-state index contributed by atoms with van der Waals surface area (Å²) in [6.07, 6.45) is 0. The van der Waals surface area contributed by atoms with Gasteiger partial charge in [-0.1, -0.05) is 6.07 Å². The van der Waals surface area contributed by atoms with E-state index in [4.69, 9.17) is 4.74 Å². The molecule has 0 spiro atoms. The van der Waals surface area contributed by atoms with Gasteiger partial charge in [0.25, 0.3) is 5.91 Å². The molecule has 2 aromatic heterocycles. The maximum atomic E-state index is 12.6. The van der Waals surface area contributed by atoms with E-state index < -0.39 is 0 Å². The van der Waals surface area contributed by atoms with Gasteiger partial charge in [-0.25, -0.2) is 4.68 Å². The van der Waals surface area contributed by atoms with Gasteiger partial charge in [0.2, 0.25) is 0 Å². The van der Waals surface area contributed by atoms with Gasteiger partial charge in [0, 0.05) is 17.7 Å². The van der Waals surface area contributed by atoms with Crippen LogP contribution in [0.15, 0.2) is 35.7 Å². The van der Waals surface area contributed by atoms with Crippen LogP contribution in [0.4, 0.5) is 5.82 Å². The highest BCUT2D eigenvalue weighted by atomic mass is 32.1. The second kappa shape index (κ2) is 7.96. The van der Waals surface area contributed by atoms with Crippen molar-refractivity contribution in [1.82, 2.24) is 9.78 Å². The average molecular weight is 384 g/mol. The third-order valence-corrected chi connectivity index (χ3v) is 5.33. The summed E-state index contributed by atoms with van der Waals surface area (Å²) in [5, 5.41) is 9.34. The number of aryl methyl sites for hydroxylation is 3. The molecular weight excluding hydrogens is 358 g/mol. The van der Waals surface area contributed by atoms with Gasteiger partial charge in [0.05, 0.1) is 10.6 Å². The average Bonchev–Trinajstić information content (AvgIpc) is 3.22. The molecule has 6 heteroatoms. The Kier molecular flexibility index (Phi) is 5.65. The molecule has 0 unspecified atom stereocenters. The number of carbonyl (C=O) groups excluding carboxylic acids is 1. The lowest BCUT2D eigenvalue weighted by atomic mass is 10.1. The number of ether oxygens (including phenoxy) is 1. The predicted octanol–water partition coefficient (Wildman–Crippen LogP) is 5.28. The van der Waals surface area contributed by atoms with E-state index in [1.54, 1.807) is 0 Å². The minimum atomic E-state index is -0.126. The Labute approximate surface area is 164 Å². The number of thiophene rings is 1. The summed E-state index contributed by atoms with van der Waals surface area (Å²) in [6.45, 7) is 10.6. The van der Waals surface area contributed by atoms with Crippen molar-refractivity contribution >= 4 is 23.1 Å². The predicted molar refractivity (Wildman–Crippen MR) is 110 cm³/mol. The van der Waals surface area contributed by atoms with E-state index in [1.165, 1.54) is 22.5 Å². The topological polar surface area (TPSA) is 56.1 Å². The van der Waals surface area contributed by atoms with Crippen molar-refractivity contribution in [2.75, 3.05) is 5.32 Å². The summed E-state index contributed by atoms with van der Waals surface area (Å²) >= 11 is 1.42. The van der Waals surface area contributed by atoms with Crippen molar-refractivity contribution in [3.63, 3.8) is 0 Å². The molecule has 0 radical (unpaired) electrons. The van der Waals surface area contributed by atoms with Gasteiger partial charge in [0.15, 0.2) is 0 Å². The van der Waals surface area contributed by atoms with Crippen LogP contribution in [0.2, 0.25) is 0 Å². The Balaban J connectivity index is 1.64. The van der Waals surface area contributed by atoms with Crippen LogP contribution in [-0.4, -0.2) is 15.7 Å². The van der Waals surface area contributed by atoms with Crippen LogP contribution in [0.1, 0.15) is 51.9 Å². The van der Waals surface area contributed by atoms with E-state index >= 15 is 0 Å². The lowest BCUT2D eigenvalue weighted by Crippen LogP contribution is -2.15. The number of hydrogen-bond acceptors (Lipinski definition) is 4. The number of amides is 1. The van der Waals surface area contributed by atoms with Gasteiger partial charge in [-0.2, -0.15) is 5.10 Å². The first-order valence-electron chi connectivity index (χ1n) is 8.98. The Hall–Kier alpha value is -2.60. The zero-order valence-electron chi connectivity index (χ0n) is 16.4. The van der Waals surface area contributed by atoms with Crippen LogP contribution in [0.3, 0.4) is 0 Å². The Morgan fingerprint density at radius 2 is 1.96 bits per heavy atom. The molecule has 0 atom stereocenters. The lowest BCUT2D eigenvalue weighted by molar-refractivity contribution is 0.102. The highest BCUT2D eigenvalue weighted by Crippen LogP contribution is 2.22. The molecule has 0 saturated carbocycles. The molecule has 3 rings (SSSR count). The van der Waals surface area contributed by atoms with E-state index in [9.17, 15) is 4.79 Å². The number of rotatable bonds is 6. The summed E-state index contributed by atoms with van der Waals surface area (Å²) in [5.41, 5.74) is 4.31. The first kappa shape index (κ1) is 19.2. The Morgan fingerprint density at radius 1 is 1.19 bits per heavy atom. The number of anilines is 1. The largest absolute Gasteiger partial charge is 0.489 e. The van der Waals surface area contributed by atoms with Crippen molar-refractivity contribution in [3.8, 4) is 5.75 Å². The van der Waals surface area contributed by atoms with Crippen molar-refractivity contribution in [3.05, 3.63) is 63.0 Å². The molecule has 0 aliphatic heterocycles. The molecule has 5 nitrogen and oxygen atoms in total. The third-order valence-electron chi connectivity index (χ3n) is 4.35. The lowest BCUT2D eigenvalue weighted by Gasteiger charge is -2.11. The summed E-state index contributed by atoms with van der Waals surface area (Å²) in [4.78, 5) is 13.2. The maximum Gasteiger partial charge on any atom is 0.266 e. The number of aromatic nitrogens is 2. The molecular formula is C21H25N3O2S.